The Balaban J connectivity index is 1.75. The predicted octanol–water partition coefficient (Wildman–Crippen LogP) is 1.54. The average Bonchev–Trinajstić information content (AvgIpc) is 2.93. The molecule has 21 heavy (non-hydrogen) atoms. The van der Waals surface area contributed by atoms with E-state index in [1.165, 1.54) is 0 Å². The fourth-order valence-electron chi connectivity index (χ4n) is 2.80. The van der Waals surface area contributed by atoms with Gasteiger partial charge < -0.3 is 4.90 Å². The van der Waals surface area contributed by atoms with Crippen molar-refractivity contribution < 1.29 is 4.79 Å². The van der Waals surface area contributed by atoms with Gasteiger partial charge in [-0.3, -0.25) is 19.4 Å². The van der Waals surface area contributed by atoms with E-state index in [2.05, 4.69) is 15.1 Å². The van der Waals surface area contributed by atoms with E-state index in [1.54, 1.807) is 23.3 Å². The molecule has 0 bridgehead atoms. The van der Waals surface area contributed by atoms with Gasteiger partial charge in [-0.25, -0.2) is 0 Å². The van der Waals surface area contributed by atoms with Crippen LogP contribution in [0.15, 0.2) is 24.8 Å². The molecule has 1 aliphatic heterocycles. The second kappa shape index (κ2) is 5.63. The zero-order valence-corrected chi connectivity index (χ0v) is 12.4. The van der Waals surface area contributed by atoms with Crippen LogP contribution in [-0.2, 0) is 7.05 Å². The van der Waals surface area contributed by atoms with Crippen molar-refractivity contribution in [3.05, 3.63) is 41.7 Å². The quantitative estimate of drug-likeness (QED) is 0.839. The fourth-order valence-corrected chi connectivity index (χ4v) is 2.80. The van der Waals surface area contributed by atoms with Gasteiger partial charge in [0.1, 0.15) is 0 Å². The van der Waals surface area contributed by atoms with Crippen LogP contribution in [0.2, 0.25) is 0 Å². The molecule has 0 aliphatic carbocycles. The molecule has 3 rings (SSSR count). The van der Waals surface area contributed by atoms with Gasteiger partial charge in [-0.1, -0.05) is 0 Å². The molecule has 0 N–H and O–H groups in total. The standard InChI is InChI=1S/C15H19N5O/c1-11-6-16-8-14(18-11)12-4-3-5-20(10-12)15(21)13-7-17-19(2)9-13/h6-9,12H,3-5,10H2,1-2H3/t12-/m0/s1. The minimum Gasteiger partial charge on any atom is -0.338 e. The summed E-state index contributed by atoms with van der Waals surface area (Å²) in [7, 11) is 1.82. The summed E-state index contributed by atoms with van der Waals surface area (Å²) in [4.78, 5) is 23.2. The van der Waals surface area contributed by atoms with Crippen molar-refractivity contribution in [3.63, 3.8) is 0 Å². The Labute approximate surface area is 123 Å². The molecule has 1 amide bonds. The highest BCUT2D eigenvalue weighted by Gasteiger charge is 2.27. The van der Waals surface area contributed by atoms with E-state index < -0.39 is 0 Å². The Hall–Kier alpha value is -2.24. The number of likely N-dealkylation sites (tertiary alicyclic amines) is 1. The number of piperidine rings is 1. The molecule has 0 spiro atoms. The topological polar surface area (TPSA) is 63.9 Å². The highest BCUT2D eigenvalue weighted by atomic mass is 16.2. The van der Waals surface area contributed by atoms with Crippen LogP contribution < -0.4 is 0 Å². The first-order valence-corrected chi connectivity index (χ1v) is 7.20. The van der Waals surface area contributed by atoms with E-state index in [1.807, 2.05) is 25.1 Å². The van der Waals surface area contributed by atoms with Crippen molar-refractivity contribution in [2.45, 2.75) is 25.7 Å². The molecule has 110 valence electrons. The van der Waals surface area contributed by atoms with Crippen molar-refractivity contribution in [2.24, 2.45) is 7.05 Å². The van der Waals surface area contributed by atoms with Gasteiger partial charge in [-0.2, -0.15) is 5.10 Å². The van der Waals surface area contributed by atoms with E-state index in [0.29, 0.717) is 12.1 Å². The molecule has 0 aromatic carbocycles. The maximum atomic E-state index is 12.5. The van der Waals surface area contributed by atoms with Gasteiger partial charge in [-0.05, 0) is 19.8 Å². The van der Waals surface area contributed by atoms with Gasteiger partial charge in [0, 0.05) is 44.6 Å². The van der Waals surface area contributed by atoms with Crippen LogP contribution in [0.5, 0.6) is 0 Å². The lowest BCUT2D eigenvalue weighted by atomic mass is 9.94. The lowest BCUT2D eigenvalue weighted by molar-refractivity contribution is 0.0705. The predicted molar refractivity (Wildman–Crippen MR) is 77.9 cm³/mol. The zero-order chi connectivity index (χ0) is 14.8. The van der Waals surface area contributed by atoms with Gasteiger partial charge in [0.15, 0.2) is 0 Å². The molecule has 0 unspecified atom stereocenters. The van der Waals surface area contributed by atoms with Crippen LogP contribution in [-0.4, -0.2) is 43.6 Å². The van der Waals surface area contributed by atoms with E-state index in [9.17, 15) is 4.79 Å². The van der Waals surface area contributed by atoms with Crippen LogP contribution in [0.1, 0.15) is 40.5 Å². The lowest BCUT2D eigenvalue weighted by Crippen LogP contribution is -2.39. The van der Waals surface area contributed by atoms with Crippen molar-refractivity contribution in [1.29, 1.82) is 0 Å². The number of rotatable bonds is 2. The highest BCUT2D eigenvalue weighted by molar-refractivity contribution is 5.93. The summed E-state index contributed by atoms with van der Waals surface area (Å²) in [6.45, 7) is 3.44. The first-order chi connectivity index (χ1) is 10.1. The Kier molecular flexibility index (Phi) is 3.68. The summed E-state index contributed by atoms with van der Waals surface area (Å²) in [6.07, 6.45) is 9.00. The number of carbonyl (C=O) groups is 1. The summed E-state index contributed by atoms with van der Waals surface area (Å²) in [5, 5.41) is 4.07. The van der Waals surface area contributed by atoms with Gasteiger partial charge in [0.2, 0.25) is 0 Å². The molecule has 1 aliphatic rings. The van der Waals surface area contributed by atoms with Gasteiger partial charge in [0.05, 0.1) is 23.1 Å². The zero-order valence-electron chi connectivity index (χ0n) is 12.4. The Morgan fingerprint density at radius 1 is 1.33 bits per heavy atom. The summed E-state index contributed by atoms with van der Waals surface area (Å²) < 4.78 is 1.65. The Morgan fingerprint density at radius 2 is 2.19 bits per heavy atom. The molecule has 1 saturated heterocycles. The number of amides is 1. The smallest absolute Gasteiger partial charge is 0.257 e. The van der Waals surface area contributed by atoms with E-state index in [-0.39, 0.29) is 11.8 Å². The van der Waals surface area contributed by atoms with Crippen LogP contribution in [0.3, 0.4) is 0 Å². The average molecular weight is 285 g/mol. The van der Waals surface area contributed by atoms with Crippen molar-refractivity contribution in [2.75, 3.05) is 13.1 Å². The third kappa shape index (κ3) is 2.94. The second-order valence-corrected chi connectivity index (χ2v) is 5.58. The van der Waals surface area contributed by atoms with Gasteiger partial charge in [0.25, 0.3) is 5.91 Å². The first-order valence-electron chi connectivity index (χ1n) is 7.20. The molecule has 2 aromatic heterocycles. The summed E-state index contributed by atoms with van der Waals surface area (Å²) in [6, 6.07) is 0. The Morgan fingerprint density at radius 3 is 2.90 bits per heavy atom. The summed E-state index contributed by atoms with van der Waals surface area (Å²) in [5.74, 6) is 0.320. The molecule has 3 heterocycles. The molecular weight excluding hydrogens is 266 g/mol. The maximum Gasteiger partial charge on any atom is 0.257 e. The maximum absolute atomic E-state index is 12.5. The van der Waals surface area contributed by atoms with E-state index >= 15 is 0 Å². The van der Waals surface area contributed by atoms with Crippen molar-refractivity contribution in [3.8, 4) is 0 Å². The summed E-state index contributed by atoms with van der Waals surface area (Å²) in [5.41, 5.74) is 2.55. The number of aryl methyl sites for hydroxylation is 2. The minimum atomic E-state index is 0.0495. The van der Waals surface area contributed by atoms with E-state index in [4.69, 9.17) is 0 Å². The third-order valence-electron chi connectivity index (χ3n) is 3.85. The number of hydrogen-bond acceptors (Lipinski definition) is 4. The normalized spacial score (nSPS) is 18.8. The second-order valence-electron chi connectivity index (χ2n) is 5.58. The lowest BCUT2D eigenvalue weighted by Gasteiger charge is -2.32. The number of carbonyl (C=O) groups excluding carboxylic acids is 1. The number of nitrogens with zero attached hydrogens (tertiary/aromatic N) is 5. The molecule has 0 radical (unpaired) electrons. The van der Waals surface area contributed by atoms with Crippen LogP contribution >= 0.6 is 0 Å². The largest absolute Gasteiger partial charge is 0.338 e. The van der Waals surface area contributed by atoms with Crippen molar-refractivity contribution in [1.82, 2.24) is 24.6 Å². The van der Waals surface area contributed by atoms with E-state index in [0.717, 1.165) is 30.8 Å². The first kappa shape index (κ1) is 13.7. The SMILES string of the molecule is Cc1cncc([C@H]2CCCN(C(=O)c3cnn(C)c3)C2)n1. The fraction of sp³-hybridized carbons (Fsp3) is 0.467. The molecule has 6 heteroatoms. The minimum absolute atomic E-state index is 0.0495. The molecular formula is C15H19N5O. The number of aromatic nitrogens is 4. The Bertz CT molecular complexity index is 651. The van der Waals surface area contributed by atoms with Crippen LogP contribution in [0.4, 0.5) is 0 Å². The molecule has 0 saturated carbocycles. The molecule has 6 nitrogen and oxygen atoms in total. The third-order valence-corrected chi connectivity index (χ3v) is 3.85. The number of hydrogen-bond donors (Lipinski definition) is 0. The monoisotopic (exact) mass is 285 g/mol. The van der Waals surface area contributed by atoms with Gasteiger partial charge in [-0.15, -0.1) is 0 Å². The van der Waals surface area contributed by atoms with Crippen LogP contribution in [0, 0.1) is 6.92 Å². The molecule has 1 fully saturated rings. The molecule has 2 aromatic rings. The van der Waals surface area contributed by atoms with Gasteiger partial charge >= 0.3 is 0 Å². The highest BCUT2D eigenvalue weighted by Crippen LogP contribution is 2.26. The van der Waals surface area contributed by atoms with Crippen LogP contribution in [0.25, 0.3) is 0 Å². The molecule has 1 atom stereocenters. The van der Waals surface area contributed by atoms with Crippen molar-refractivity contribution >= 4 is 5.91 Å². The summed E-state index contributed by atoms with van der Waals surface area (Å²) >= 11 is 0.